The topological polar surface area (TPSA) is 61.8 Å². The molecule has 10 heteroatoms. The molecule has 0 amide bonds. The van der Waals surface area contributed by atoms with Crippen molar-refractivity contribution in [2.75, 3.05) is 0 Å². The molecule has 0 saturated heterocycles. The van der Waals surface area contributed by atoms with Gasteiger partial charge in [0, 0.05) is 13.1 Å². The third-order valence-electron chi connectivity index (χ3n) is 5.76. The predicted molar refractivity (Wildman–Crippen MR) is 113 cm³/mol. The van der Waals surface area contributed by atoms with E-state index in [2.05, 4.69) is 4.98 Å². The molecule has 170 valence electrons. The van der Waals surface area contributed by atoms with Gasteiger partial charge in [-0.25, -0.2) is 18.7 Å². The van der Waals surface area contributed by atoms with Crippen molar-refractivity contribution in [1.29, 1.82) is 0 Å². The minimum absolute atomic E-state index is 0.0922. The minimum Gasteiger partial charge on any atom is -0.320 e. The number of benzene rings is 2. The quantitative estimate of drug-likeness (QED) is 0.426. The molecule has 4 aromatic rings. The van der Waals surface area contributed by atoms with Crippen LogP contribution in [0.25, 0.3) is 16.9 Å². The molecule has 0 bridgehead atoms. The number of hydrogen-bond donors (Lipinski definition) is 0. The summed E-state index contributed by atoms with van der Waals surface area (Å²) in [5, 5.41) is 0. The molecular formula is C23H18F4N4O2. The largest absolute Gasteiger partial charge is 0.416 e. The first-order chi connectivity index (χ1) is 15.7. The Labute approximate surface area is 184 Å². The zero-order chi connectivity index (χ0) is 23.3. The van der Waals surface area contributed by atoms with E-state index in [1.807, 2.05) is 0 Å². The molecule has 0 N–H and O–H groups in total. The van der Waals surface area contributed by atoms with Crippen LogP contribution in [0.4, 0.5) is 17.6 Å². The lowest BCUT2D eigenvalue weighted by Gasteiger charge is -2.13. The summed E-state index contributed by atoms with van der Waals surface area (Å²) in [5.74, 6) is -0.233. The molecule has 5 rings (SSSR count). The molecule has 33 heavy (non-hydrogen) atoms. The number of imidazole rings is 1. The fourth-order valence-electron chi connectivity index (χ4n) is 3.84. The molecule has 2 aromatic carbocycles. The molecule has 2 aromatic heterocycles. The predicted octanol–water partition coefficient (Wildman–Crippen LogP) is 3.97. The van der Waals surface area contributed by atoms with Gasteiger partial charge in [-0.15, -0.1) is 0 Å². The number of hydrogen-bond acceptors (Lipinski definition) is 3. The second kappa shape index (κ2) is 7.72. The molecule has 0 atom stereocenters. The molecule has 0 radical (unpaired) electrons. The van der Waals surface area contributed by atoms with E-state index in [0.717, 1.165) is 29.5 Å². The highest BCUT2D eigenvalue weighted by Gasteiger charge is 2.30. The molecule has 0 spiro atoms. The average molecular weight is 458 g/mol. The Kier molecular flexibility index (Phi) is 4.95. The van der Waals surface area contributed by atoms with Crippen molar-refractivity contribution < 1.29 is 17.6 Å². The van der Waals surface area contributed by atoms with Gasteiger partial charge in [-0.3, -0.25) is 9.36 Å². The van der Waals surface area contributed by atoms with Gasteiger partial charge in [0.25, 0.3) is 5.56 Å². The highest BCUT2D eigenvalue weighted by atomic mass is 19.4. The summed E-state index contributed by atoms with van der Waals surface area (Å²) in [6, 6.07) is 9.92. The highest BCUT2D eigenvalue weighted by Crippen LogP contribution is 2.30. The lowest BCUT2D eigenvalue weighted by Crippen LogP contribution is -2.40. The fourth-order valence-corrected chi connectivity index (χ4v) is 3.84. The number of alkyl halides is 3. The normalized spacial score (nSPS) is 14.2. The molecule has 0 unspecified atom stereocenters. The Bertz CT molecular complexity index is 1440. The van der Waals surface area contributed by atoms with Crippen LogP contribution in [0.3, 0.4) is 0 Å². The van der Waals surface area contributed by atoms with Crippen LogP contribution >= 0.6 is 0 Å². The number of halogens is 4. The molecule has 6 nitrogen and oxygen atoms in total. The summed E-state index contributed by atoms with van der Waals surface area (Å²) in [4.78, 5) is 30.8. The van der Waals surface area contributed by atoms with Crippen LogP contribution in [-0.4, -0.2) is 18.7 Å². The molecule has 2 heterocycles. The van der Waals surface area contributed by atoms with Crippen molar-refractivity contribution in [2.45, 2.75) is 32.1 Å². The van der Waals surface area contributed by atoms with E-state index < -0.39 is 28.8 Å². The number of rotatable bonds is 5. The van der Waals surface area contributed by atoms with E-state index in [1.165, 1.54) is 51.9 Å². The molecule has 1 aliphatic rings. The summed E-state index contributed by atoms with van der Waals surface area (Å²) in [6.07, 6.45) is -1.22. The van der Waals surface area contributed by atoms with Gasteiger partial charge in [-0.2, -0.15) is 13.2 Å². The molecule has 1 saturated carbocycles. The first-order valence-corrected chi connectivity index (χ1v) is 10.3. The van der Waals surface area contributed by atoms with Crippen molar-refractivity contribution >= 4 is 11.2 Å². The Hall–Kier alpha value is -3.69. The van der Waals surface area contributed by atoms with Crippen molar-refractivity contribution in [2.24, 2.45) is 5.92 Å². The first kappa shape index (κ1) is 21.2. The fraction of sp³-hybridized carbons (Fsp3) is 0.261. The van der Waals surface area contributed by atoms with E-state index in [0.29, 0.717) is 11.3 Å². The van der Waals surface area contributed by atoms with Crippen molar-refractivity contribution in [1.82, 2.24) is 18.7 Å². The van der Waals surface area contributed by atoms with Crippen LogP contribution in [0.15, 0.2) is 64.4 Å². The van der Waals surface area contributed by atoms with Crippen molar-refractivity contribution in [3.05, 3.63) is 92.6 Å². The van der Waals surface area contributed by atoms with Gasteiger partial charge in [-0.05, 0) is 60.7 Å². The summed E-state index contributed by atoms with van der Waals surface area (Å²) in [7, 11) is 0. The summed E-state index contributed by atoms with van der Waals surface area (Å²) >= 11 is 0. The lowest BCUT2D eigenvalue weighted by atomic mass is 10.1. The summed E-state index contributed by atoms with van der Waals surface area (Å²) in [6.45, 7) is 0.356. The van der Waals surface area contributed by atoms with Crippen molar-refractivity contribution in [3.63, 3.8) is 0 Å². The minimum atomic E-state index is -4.44. The van der Waals surface area contributed by atoms with E-state index in [1.54, 1.807) is 0 Å². The Morgan fingerprint density at radius 2 is 1.64 bits per heavy atom. The van der Waals surface area contributed by atoms with Crippen LogP contribution in [0, 0.1) is 11.7 Å². The molecule has 1 aliphatic carbocycles. The Balaban J connectivity index is 1.65. The van der Waals surface area contributed by atoms with Gasteiger partial charge >= 0.3 is 11.9 Å². The van der Waals surface area contributed by atoms with E-state index in [4.69, 9.17) is 0 Å². The van der Waals surface area contributed by atoms with E-state index in [-0.39, 0.29) is 30.2 Å². The number of fused-ring (bicyclic) bond motifs is 1. The molecular weight excluding hydrogens is 440 g/mol. The maximum Gasteiger partial charge on any atom is 0.416 e. The maximum absolute atomic E-state index is 13.5. The number of nitrogens with zero attached hydrogens (tertiary/aromatic N) is 4. The van der Waals surface area contributed by atoms with Crippen LogP contribution in [-0.2, 0) is 19.3 Å². The van der Waals surface area contributed by atoms with Crippen molar-refractivity contribution in [3.8, 4) is 5.69 Å². The van der Waals surface area contributed by atoms with Gasteiger partial charge in [0.05, 0.1) is 17.6 Å². The Morgan fingerprint density at radius 3 is 2.24 bits per heavy atom. The summed E-state index contributed by atoms with van der Waals surface area (Å²) < 4.78 is 56.0. The summed E-state index contributed by atoms with van der Waals surface area (Å²) in [5.41, 5.74) is -0.685. The maximum atomic E-state index is 13.5. The van der Waals surface area contributed by atoms with E-state index >= 15 is 0 Å². The van der Waals surface area contributed by atoms with E-state index in [9.17, 15) is 27.2 Å². The van der Waals surface area contributed by atoms with Crippen LogP contribution < -0.4 is 11.2 Å². The second-order valence-electron chi connectivity index (χ2n) is 8.19. The monoisotopic (exact) mass is 458 g/mol. The van der Waals surface area contributed by atoms with Gasteiger partial charge in [0.2, 0.25) is 0 Å². The highest BCUT2D eigenvalue weighted by molar-refractivity contribution is 5.72. The SMILES string of the molecule is O=c1c2c(ncn2Cc2ccc(C(F)(F)F)cc2)n(-c2ccc(F)cc2)c(=O)n1CC1CC1. The van der Waals surface area contributed by atoms with Crippen LogP contribution in [0.5, 0.6) is 0 Å². The van der Waals surface area contributed by atoms with Gasteiger partial charge < -0.3 is 4.57 Å². The zero-order valence-corrected chi connectivity index (χ0v) is 17.2. The van der Waals surface area contributed by atoms with Crippen LogP contribution in [0.2, 0.25) is 0 Å². The smallest absolute Gasteiger partial charge is 0.320 e. The van der Waals surface area contributed by atoms with Gasteiger partial charge in [0.15, 0.2) is 11.2 Å². The lowest BCUT2D eigenvalue weighted by molar-refractivity contribution is -0.137. The zero-order valence-electron chi connectivity index (χ0n) is 17.2. The molecule has 1 fully saturated rings. The number of aromatic nitrogens is 4. The van der Waals surface area contributed by atoms with Crippen LogP contribution in [0.1, 0.15) is 24.0 Å². The second-order valence-corrected chi connectivity index (χ2v) is 8.19. The first-order valence-electron chi connectivity index (χ1n) is 10.3. The third kappa shape index (κ3) is 3.96. The standard InChI is InChI=1S/C23H18F4N4O2/c24-17-7-9-18(10-8-17)31-20-19(21(32)30(22(31)33)12-15-1-2-15)29(13-28-20)11-14-3-5-16(6-4-14)23(25,26)27/h3-10,13,15H,1-2,11-12H2. The third-order valence-corrected chi connectivity index (χ3v) is 5.76. The molecule has 0 aliphatic heterocycles. The Morgan fingerprint density at radius 1 is 0.970 bits per heavy atom. The van der Waals surface area contributed by atoms with Gasteiger partial charge in [-0.1, -0.05) is 12.1 Å². The van der Waals surface area contributed by atoms with Gasteiger partial charge in [0.1, 0.15) is 5.82 Å². The average Bonchev–Trinajstić information content (AvgIpc) is 3.51.